The second kappa shape index (κ2) is 8.39. The highest BCUT2D eigenvalue weighted by atomic mass is 19.1. The molecule has 2 aromatic rings. The molecule has 3 saturated heterocycles. The van der Waals surface area contributed by atoms with E-state index in [1.54, 1.807) is 6.07 Å². The average Bonchev–Trinajstić information content (AvgIpc) is 2.73. The van der Waals surface area contributed by atoms with Gasteiger partial charge in [0.05, 0.1) is 17.8 Å². The SMILES string of the molecule is O=C(O)c1ccc(CN(C(=O)O[C@H]2CN3CCC2CC3)c2ccccc2F)cc1F. The van der Waals surface area contributed by atoms with Crippen molar-refractivity contribution in [2.75, 3.05) is 24.5 Å². The van der Waals surface area contributed by atoms with Gasteiger partial charge < -0.3 is 9.84 Å². The number of carbonyl (C=O) groups is 2. The van der Waals surface area contributed by atoms with Gasteiger partial charge in [0, 0.05) is 6.54 Å². The van der Waals surface area contributed by atoms with E-state index in [1.807, 2.05) is 0 Å². The number of hydrogen-bond acceptors (Lipinski definition) is 4. The molecule has 0 aliphatic carbocycles. The van der Waals surface area contributed by atoms with Crippen LogP contribution in [0.5, 0.6) is 0 Å². The van der Waals surface area contributed by atoms with Crippen LogP contribution in [0, 0.1) is 17.6 Å². The van der Waals surface area contributed by atoms with Crippen LogP contribution in [0.4, 0.5) is 19.3 Å². The molecule has 0 spiro atoms. The fraction of sp³-hybridized carbons (Fsp3) is 0.364. The molecule has 3 fully saturated rings. The summed E-state index contributed by atoms with van der Waals surface area (Å²) in [6, 6.07) is 9.37. The molecule has 0 saturated carbocycles. The number of fused-ring (bicyclic) bond motifs is 3. The number of nitrogens with zero attached hydrogens (tertiary/aromatic N) is 2. The summed E-state index contributed by atoms with van der Waals surface area (Å²) >= 11 is 0. The number of anilines is 1. The quantitative estimate of drug-likeness (QED) is 0.801. The second-order valence-corrected chi connectivity index (χ2v) is 7.72. The maximum Gasteiger partial charge on any atom is 0.415 e. The Morgan fingerprint density at radius 3 is 2.43 bits per heavy atom. The van der Waals surface area contributed by atoms with E-state index in [4.69, 9.17) is 9.84 Å². The van der Waals surface area contributed by atoms with Crippen LogP contribution >= 0.6 is 0 Å². The maximum absolute atomic E-state index is 14.5. The molecular formula is C22H22F2N2O4. The molecule has 1 atom stereocenters. The molecule has 2 bridgehead atoms. The zero-order valence-electron chi connectivity index (χ0n) is 16.3. The Bertz CT molecular complexity index is 960. The molecule has 2 aromatic carbocycles. The van der Waals surface area contributed by atoms with Gasteiger partial charge in [-0.05, 0) is 61.7 Å². The normalized spacial score (nSPS) is 22.5. The van der Waals surface area contributed by atoms with Gasteiger partial charge in [-0.15, -0.1) is 0 Å². The fourth-order valence-corrected chi connectivity index (χ4v) is 4.17. The van der Waals surface area contributed by atoms with Crippen molar-refractivity contribution in [3.63, 3.8) is 0 Å². The molecule has 3 aliphatic heterocycles. The number of carboxylic acids is 1. The van der Waals surface area contributed by atoms with Crippen LogP contribution in [-0.4, -0.2) is 47.8 Å². The first-order chi connectivity index (χ1) is 14.4. The summed E-state index contributed by atoms with van der Waals surface area (Å²) in [7, 11) is 0. The zero-order chi connectivity index (χ0) is 21.3. The zero-order valence-corrected chi connectivity index (χ0v) is 16.3. The summed E-state index contributed by atoms with van der Waals surface area (Å²) in [5.74, 6) is -2.62. The maximum atomic E-state index is 14.5. The van der Waals surface area contributed by atoms with E-state index in [-0.39, 0.29) is 24.3 Å². The van der Waals surface area contributed by atoms with Gasteiger partial charge in [0.25, 0.3) is 0 Å². The van der Waals surface area contributed by atoms with E-state index in [2.05, 4.69) is 4.90 Å². The number of aromatic carboxylic acids is 1. The summed E-state index contributed by atoms with van der Waals surface area (Å²) < 4.78 is 34.3. The summed E-state index contributed by atoms with van der Waals surface area (Å²) in [5.41, 5.74) is -0.121. The van der Waals surface area contributed by atoms with Crippen molar-refractivity contribution in [3.8, 4) is 0 Å². The molecule has 5 rings (SSSR count). The average molecular weight is 416 g/mol. The van der Waals surface area contributed by atoms with Crippen LogP contribution in [-0.2, 0) is 11.3 Å². The highest BCUT2D eigenvalue weighted by Gasteiger charge is 2.37. The topological polar surface area (TPSA) is 70.1 Å². The van der Waals surface area contributed by atoms with E-state index >= 15 is 0 Å². The van der Waals surface area contributed by atoms with Gasteiger partial charge in [-0.3, -0.25) is 9.80 Å². The Morgan fingerprint density at radius 2 is 1.83 bits per heavy atom. The van der Waals surface area contributed by atoms with Gasteiger partial charge >= 0.3 is 12.1 Å². The standard InChI is InChI=1S/C22H22F2N2O4/c23-17-3-1-2-4-19(17)26(12-14-5-6-16(21(27)28)18(24)11-14)22(29)30-20-13-25-9-7-15(20)8-10-25/h1-6,11,15,20H,7-10,12-13H2,(H,27,28)/t20-/m0/s1. The van der Waals surface area contributed by atoms with Crippen LogP contribution in [0.2, 0.25) is 0 Å². The van der Waals surface area contributed by atoms with E-state index in [0.717, 1.165) is 43.0 Å². The number of ether oxygens (including phenoxy) is 1. The lowest BCUT2D eigenvalue weighted by Crippen LogP contribution is -2.53. The Balaban J connectivity index is 1.58. The van der Waals surface area contributed by atoms with Crippen LogP contribution in [0.25, 0.3) is 0 Å². The Labute approximate surface area is 172 Å². The van der Waals surface area contributed by atoms with Crippen molar-refractivity contribution in [1.82, 2.24) is 4.90 Å². The smallest absolute Gasteiger partial charge is 0.415 e. The largest absolute Gasteiger partial charge is 0.478 e. The molecule has 0 unspecified atom stereocenters. The van der Waals surface area contributed by atoms with Crippen LogP contribution < -0.4 is 4.90 Å². The van der Waals surface area contributed by atoms with E-state index in [0.29, 0.717) is 12.1 Å². The first-order valence-electron chi connectivity index (χ1n) is 9.89. The molecule has 3 heterocycles. The number of amides is 1. The van der Waals surface area contributed by atoms with Gasteiger partial charge in [-0.25, -0.2) is 18.4 Å². The fourth-order valence-electron chi connectivity index (χ4n) is 4.17. The first-order valence-corrected chi connectivity index (χ1v) is 9.89. The predicted molar refractivity (Wildman–Crippen MR) is 105 cm³/mol. The van der Waals surface area contributed by atoms with Gasteiger partial charge in [0.2, 0.25) is 0 Å². The summed E-state index contributed by atoms with van der Waals surface area (Å²) in [4.78, 5) is 27.4. The number of benzene rings is 2. The number of halogens is 2. The Morgan fingerprint density at radius 1 is 1.10 bits per heavy atom. The molecular weight excluding hydrogens is 394 g/mol. The van der Waals surface area contributed by atoms with Gasteiger partial charge in [0.1, 0.15) is 17.7 Å². The predicted octanol–water partition coefficient (Wildman–Crippen LogP) is 3.90. The summed E-state index contributed by atoms with van der Waals surface area (Å²) in [5, 5.41) is 9.00. The molecule has 158 valence electrons. The van der Waals surface area contributed by atoms with Crippen molar-refractivity contribution >= 4 is 17.7 Å². The third kappa shape index (κ3) is 4.14. The Kier molecular flexibility index (Phi) is 5.67. The third-order valence-electron chi connectivity index (χ3n) is 5.82. The molecule has 0 radical (unpaired) electrons. The molecule has 30 heavy (non-hydrogen) atoms. The van der Waals surface area contributed by atoms with Crippen molar-refractivity contribution < 1.29 is 28.2 Å². The lowest BCUT2D eigenvalue weighted by atomic mass is 9.86. The summed E-state index contributed by atoms with van der Waals surface area (Å²) in [6.07, 6.45) is 0.945. The number of rotatable bonds is 5. The third-order valence-corrected chi connectivity index (χ3v) is 5.82. The van der Waals surface area contributed by atoms with E-state index in [1.165, 1.54) is 24.3 Å². The van der Waals surface area contributed by atoms with E-state index in [9.17, 15) is 18.4 Å². The lowest BCUT2D eigenvalue weighted by molar-refractivity contribution is -0.0311. The monoisotopic (exact) mass is 416 g/mol. The lowest BCUT2D eigenvalue weighted by Gasteiger charge is -2.44. The first kappa shape index (κ1) is 20.3. The van der Waals surface area contributed by atoms with E-state index < -0.39 is 29.3 Å². The number of carbonyl (C=O) groups excluding carboxylic acids is 1. The minimum atomic E-state index is -1.38. The van der Waals surface area contributed by atoms with Crippen molar-refractivity contribution in [2.24, 2.45) is 5.92 Å². The number of piperidine rings is 3. The van der Waals surface area contributed by atoms with Crippen molar-refractivity contribution in [3.05, 3.63) is 65.2 Å². The Hall–Kier alpha value is -3.00. The van der Waals surface area contributed by atoms with Gasteiger partial charge in [-0.2, -0.15) is 0 Å². The number of carboxylic acid groups (broad SMARTS) is 1. The molecule has 6 nitrogen and oxygen atoms in total. The van der Waals surface area contributed by atoms with Crippen molar-refractivity contribution in [2.45, 2.75) is 25.5 Å². The highest BCUT2D eigenvalue weighted by molar-refractivity contribution is 5.89. The minimum Gasteiger partial charge on any atom is -0.478 e. The van der Waals surface area contributed by atoms with Gasteiger partial charge in [-0.1, -0.05) is 18.2 Å². The minimum absolute atomic E-state index is 0.0199. The second-order valence-electron chi connectivity index (χ2n) is 7.72. The number of hydrogen-bond donors (Lipinski definition) is 1. The van der Waals surface area contributed by atoms with Crippen molar-refractivity contribution in [1.29, 1.82) is 0 Å². The van der Waals surface area contributed by atoms with Crippen LogP contribution in [0.15, 0.2) is 42.5 Å². The van der Waals surface area contributed by atoms with Gasteiger partial charge in [0.15, 0.2) is 0 Å². The molecule has 1 amide bonds. The number of para-hydroxylation sites is 1. The molecule has 0 aromatic heterocycles. The van der Waals surface area contributed by atoms with Crippen LogP contribution in [0.3, 0.4) is 0 Å². The molecule has 3 aliphatic rings. The molecule has 1 N–H and O–H groups in total. The van der Waals surface area contributed by atoms with Crippen LogP contribution in [0.1, 0.15) is 28.8 Å². The molecule has 8 heteroatoms. The highest BCUT2D eigenvalue weighted by Crippen LogP contribution is 2.31. The summed E-state index contributed by atoms with van der Waals surface area (Å²) in [6.45, 7) is 2.48.